The molecule has 0 bridgehead atoms. The van der Waals surface area contributed by atoms with E-state index in [1.165, 1.54) is 64.5 Å². The maximum absolute atomic E-state index is 3.96. The Labute approximate surface area is 119 Å². The van der Waals surface area contributed by atoms with Crippen LogP contribution in [0.5, 0.6) is 0 Å². The van der Waals surface area contributed by atoms with Crippen molar-refractivity contribution in [1.82, 2.24) is 10.2 Å². The Bertz CT molecular complexity index is 313. The van der Waals surface area contributed by atoms with Crippen LogP contribution in [0, 0.1) is 5.92 Å². The molecule has 0 aromatic carbocycles. The predicted octanol–water partition coefficient (Wildman–Crippen LogP) is 3.56. The van der Waals surface area contributed by atoms with E-state index in [0.717, 1.165) is 12.0 Å². The topological polar surface area (TPSA) is 15.3 Å². The molecular weight excluding hydrogens is 232 g/mol. The van der Waals surface area contributed by atoms with Gasteiger partial charge in [-0.25, -0.2) is 0 Å². The molecule has 1 aliphatic heterocycles. The van der Waals surface area contributed by atoms with Gasteiger partial charge in [0.15, 0.2) is 0 Å². The van der Waals surface area contributed by atoms with Gasteiger partial charge in [0.1, 0.15) is 0 Å². The molecule has 1 atom stereocenters. The molecule has 0 aromatic rings. The predicted molar refractivity (Wildman–Crippen MR) is 81.4 cm³/mol. The van der Waals surface area contributed by atoms with Gasteiger partial charge in [-0.2, -0.15) is 0 Å². The standard InChI is InChI=1S/C17H32N2/c1-4-17(5-2)12-18-16(3,14-10-11-14)13-19(17)15-8-6-7-9-15/h14-15,18H,4-13H2,1-3H3. The van der Waals surface area contributed by atoms with Crippen molar-refractivity contribution in [2.24, 2.45) is 5.92 Å². The van der Waals surface area contributed by atoms with Crippen LogP contribution in [-0.4, -0.2) is 35.1 Å². The van der Waals surface area contributed by atoms with Crippen molar-refractivity contribution >= 4 is 0 Å². The fraction of sp³-hybridized carbons (Fsp3) is 1.00. The minimum absolute atomic E-state index is 0.399. The summed E-state index contributed by atoms with van der Waals surface area (Å²) in [5.41, 5.74) is 0.833. The van der Waals surface area contributed by atoms with Crippen molar-refractivity contribution in [1.29, 1.82) is 0 Å². The highest BCUT2D eigenvalue weighted by Gasteiger charge is 2.51. The van der Waals surface area contributed by atoms with Gasteiger partial charge in [0.25, 0.3) is 0 Å². The zero-order valence-corrected chi connectivity index (χ0v) is 13.2. The fourth-order valence-electron chi connectivity index (χ4n) is 4.68. The van der Waals surface area contributed by atoms with E-state index < -0.39 is 0 Å². The number of nitrogens with one attached hydrogen (secondary N) is 1. The number of hydrogen-bond donors (Lipinski definition) is 1. The van der Waals surface area contributed by atoms with E-state index >= 15 is 0 Å². The van der Waals surface area contributed by atoms with Crippen LogP contribution in [0.3, 0.4) is 0 Å². The van der Waals surface area contributed by atoms with Crippen LogP contribution >= 0.6 is 0 Å². The summed E-state index contributed by atoms with van der Waals surface area (Å²) in [4.78, 5) is 2.95. The first kappa shape index (κ1) is 13.9. The molecule has 19 heavy (non-hydrogen) atoms. The average molecular weight is 264 g/mol. The molecule has 0 radical (unpaired) electrons. The first-order valence-electron chi connectivity index (χ1n) is 8.65. The van der Waals surface area contributed by atoms with E-state index in [2.05, 4.69) is 31.0 Å². The summed E-state index contributed by atoms with van der Waals surface area (Å²) >= 11 is 0. The van der Waals surface area contributed by atoms with E-state index in [-0.39, 0.29) is 0 Å². The zero-order valence-electron chi connectivity index (χ0n) is 13.2. The van der Waals surface area contributed by atoms with Crippen LogP contribution in [0.1, 0.15) is 72.1 Å². The summed E-state index contributed by atoms with van der Waals surface area (Å²) in [6.07, 6.45) is 11.3. The Hall–Kier alpha value is -0.0800. The lowest BCUT2D eigenvalue weighted by Gasteiger charge is -2.56. The Morgan fingerprint density at radius 2 is 1.68 bits per heavy atom. The van der Waals surface area contributed by atoms with E-state index in [1.807, 2.05) is 0 Å². The van der Waals surface area contributed by atoms with Gasteiger partial charge >= 0.3 is 0 Å². The van der Waals surface area contributed by atoms with E-state index in [0.29, 0.717) is 11.1 Å². The average Bonchev–Trinajstić information content (AvgIpc) is 3.16. The first-order valence-corrected chi connectivity index (χ1v) is 8.65. The number of nitrogens with zero attached hydrogens (tertiary/aromatic N) is 1. The van der Waals surface area contributed by atoms with Crippen LogP contribution in [0.2, 0.25) is 0 Å². The molecule has 2 aliphatic carbocycles. The minimum Gasteiger partial charge on any atom is -0.308 e. The second kappa shape index (κ2) is 5.04. The fourth-order valence-corrected chi connectivity index (χ4v) is 4.68. The van der Waals surface area contributed by atoms with Gasteiger partial charge in [-0.1, -0.05) is 26.7 Å². The van der Waals surface area contributed by atoms with Crippen LogP contribution in [-0.2, 0) is 0 Å². The Morgan fingerprint density at radius 1 is 1.05 bits per heavy atom. The van der Waals surface area contributed by atoms with Crippen LogP contribution in [0.4, 0.5) is 0 Å². The second-order valence-corrected chi connectivity index (χ2v) is 7.54. The highest BCUT2D eigenvalue weighted by atomic mass is 15.3. The number of piperazine rings is 1. The summed E-state index contributed by atoms with van der Waals surface area (Å²) in [6, 6.07) is 0.875. The first-order chi connectivity index (χ1) is 9.13. The van der Waals surface area contributed by atoms with Crippen LogP contribution in [0.25, 0.3) is 0 Å². The Balaban J connectivity index is 1.82. The third-order valence-corrected chi connectivity index (χ3v) is 6.49. The molecule has 2 heteroatoms. The number of rotatable bonds is 4. The van der Waals surface area contributed by atoms with Crippen molar-refractivity contribution in [3.8, 4) is 0 Å². The van der Waals surface area contributed by atoms with Crippen molar-refractivity contribution in [2.75, 3.05) is 13.1 Å². The Kier molecular flexibility index (Phi) is 3.68. The lowest BCUT2D eigenvalue weighted by molar-refractivity contribution is -0.0326. The lowest BCUT2D eigenvalue weighted by Crippen LogP contribution is -2.71. The third-order valence-electron chi connectivity index (χ3n) is 6.49. The quantitative estimate of drug-likeness (QED) is 0.835. The SMILES string of the molecule is CCC1(CC)CNC(C)(C2CC2)CN1C1CCCC1. The molecule has 0 amide bonds. The monoisotopic (exact) mass is 264 g/mol. The molecule has 3 fully saturated rings. The Morgan fingerprint density at radius 3 is 2.21 bits per heavy atom. The highest BCUT2D eigenvalue weighted by Crippen LogP contribution is 2.45. The molecule has 1 N–H and O–H groups in total. The molecule has 1 saturated heterocycles. The number of hydrogen-bond acceptors (Lipinski definition) is 2. The van der Waals surface area contributed by atoms with Crippen molar-refractivity contribution in [2.45, 2.75) is 89.3 Å². The summed E-state index contributed by atoms with van der Waals surface area (Å²) < 4.78 is 0. The summed E-state index contributed by atoms with van der Waals surface area (Å²) in [5.74, 6) is 0.947. The van der Waals surface area contributed by atoms with Crippen LogP contribution in [0.15, 0.2) is 0 Å². The van der Waals surface area contributed by atoms with Crippen molar-refractivity contribution in [3.63, 3.8) is 0 Å². The molecule has 2 saturated carbocycles. The van der Waals surface area contributed by atoms with Gasteiger partial charge in [0.05, 0.1) is 0 Å². The third kappa shape index (κ3) is 2.35. The largest absolute Gasteiger partial charge is 0.308 e. The maximum atomic E-state index is 3.96. The van der Waals surface area contributed by atoms with Gasteiger partial charge in [-0.15, -0.1) is 0 Å². The molecule has 2 nitrogen and oxygen atoms in total. The van der Waals surface area contributed by atoms with E-state index in [9.17, 15) is 0 Å². The normalized spacial score (nSPS) is 36.8. The van der Waals surface area contributed by atoms with Gasteiger partial charge in [-0.05, 0) is 51.4 Å². The molecular formula is C17H32N2. The van der Waals surface area contributed by atoms with Gasteiger partial charge in [-0.3, -0.25) is 4.90 Å². The summed E-state index contributed by atoms with van der Waals surface area (Å²) in [6.45, 7) is 9.79. The molecule has 3 aliphatic rings. The second-order valence-electron chi connectivity index (χ2n) is 7.54. The zero-order chi connectivity index (χ0) is 13.5. The van der Waals surface area contributed by atoms with E-state index in [1.54, 1.807) is 0 Å². The summed E-state index contributed by atoms with van der Waals surface area (Å²) in [7, 11) is 0. The molecule has 1 heterocycles. The smallest absolute Gasteiger partial charge is 0.0332 e. The molecule has 110 valence electrons. The van der Waals surface area contributed by atoms with Crippen LogP contribution < -0.4 is 5.32 Å². The lowest BCUT2D eigenvalue weighted by atomic mass is 9.80. The maximum Gasteiger partial charge on any atom is 0.0332 e. The molecule has 3 rings (SSSR count). The van der Waals surface area contributed by atoms with Gasteiger partial charge < -0.3 is 5.32 Å². The molecule has 0 spiro atoms. The molecule has 1 unspecified atom stereocenters. The van der Waals surface area contributed by atoms with Gasteiger partial charge in [0, 0.05) is 30.2 Å². The minimum atomic E-state index is 0.399. The summed E-state index contributed by atoms with van der Waals surface area (Å²) in [5, 5.41) is 3.96. The highest BCUT2D eigenvalue weighted by molar-refractivity contribution is 5.09. The van der Waals surface area contributed by atoms with Crippen molar-refractivity contribution in [3.05, 3.63) is 0 Å². The van der Waals surface area contributed by atoms with Gasteiger partial charge in [0.2, 0.25) is 0 Å². The molecule has 0 aromatic heterocycles. The van der Waals surface area contributed by atoms with E-state index in [4.69, 9.17) is 0 Å². The van der Waals surface area contributed by atoms with Crippen molar-refractivity contribution < 1.29 is 0 Å².